The Balaban J connectivity index is 1.82. The average Bonchev–Trinajstić information content (AvgIpc) is 2.64. The van der Waals surface area contributed by atoms with Crippen LogP contribution < -0.4 is 15.4 Å². The predicted octanol–water partition coefficient (Wildman–Crippen LogP) is 4.54. The molecule has 0 aliphatic carbocycles. The van der Waals surface area contributed by atoms with Crippen LogP contribution in [0.5, 0.6) is 5.75 Å². The van der Waals surface area contributed by atoms with Crippen molar-refractivity contribution in [2.45, 2.75) is 13.8 Å². The number of nitrogens with one attached hydrogen (secondary N) is 2. The van der Waals surface area contributed by atoms with Gasteiger partial charge in [0.25, 0.3) is 0 Å². The highest BCUT2D eigenvalue weighted by Gasteiger charge is 2.07. The Labute approximate surface area is 152 Å². The zero-order valence-electron chi connectivity index (χ0n) is 14.7. The normalized spacial score (nSPS) is 10.0. The monoisotopic (exact) mass is 345 g/mol. The van der Waals surface area contributed by atoms with E-state index in [-0.39, 0.29) is 0 Å². The number of nitriles is 1. The fraction of sp³-hybridized carbons (Fsp3) is 0.150. The van der Waals surface area contributed by atoms with Gasteiger partial charge in [0.1, 0.15) is 11.6 Å². The predicted molar refractivity (Wildman–Crippen MR) is 102 cm³/mol. The molecule has 3 rings (SSSR count). The first kappa shape index (κ1) is 17.2. The van der Waals surface area contributed by atoms with Gasteiger partial charge in [0.05, 0.1) is 23.9 Å². The molecule has 0 bridgehead atoms. The Morgan fingerprint density at radius 3 is 2.54 bits per heavy atom. The Hall–Kier alpha value is -3.59. The molecule has 26 heavy (non-hydrogen) atoms. The molecule has 1 aromatic heterocycles. The largest absolute Gasteiger partial charge is 0.492 e. The fourth-order valence-corrected chi connectivity index (χ4v) is 2.43. The van der Waals surface area contributed by atoms with Gasteiger partial charge in [-0.25, -0.2) is 4.98 Å². The lowest BCUT2D eigenvalue weighted by atomic mass is 10.2. The van der Waals surface area contributed by atoms with Gasteiger partial charge in [-0.15, -0.1) is 0 Å². The van der Waals surface area contributed by atoms with E-state index in [9.17, 15) is 0 Å². The van der Waals surface area contributed by atoms with Gasteiger partial charge < -0.3 is 15.4 Å². The highest BCUT2D eigenvalue weighted by atomic mass is 16.5. The van der Waals surface area contributed by atoms with E-state index in [0.717, 1.165) is 22.8 Å². The number of aromatic nitrogens is 2. The van der Waals surface area contributed by atoms with Crippen LogP contribution in [-0.4, -0.2) is 16.6 Å². The van der Waals surface area contributed by atoms with Crippen molar-refractivity contribution in [2.24, 2.45) is 0 Å². The minimum Gasteiger partial charge on any atom is -0.492 e. The van der Waals surface area contributed by atoms with Gasteiger partial charge in [-0.3, -0.25) is 0 Å². The maximum absolute atomic E-state index is 8.88. The molecule has 0 saturated carbocycles. The topological polar surface area (TPSA) is 82.9 Å². The second kappa shape index (κ2) is 7.99. The van der Waals surface area contributed by atoms with E-state index in [0.29, 0.717) is 23.9 Å². The number of anilines is 4. The van der Waals surface area contributed by atoms with Gasteiger partial charge in [0.2, 0.25) is 5.95 Å². The first-order valence-corrected chi connectivity index (χ1v) is 8.29. The molecule has 0 aliphatic rings. The average molecular weight is 345 g/mol. The summed E-state index contributed by atoms with van der Waals surface area (Å²) in [5.41, 5.74) is 3.09. The van der Waals surface area contributed by atoms with Gasteiger partial charge in [-0.05, 0) is 50.2 Å². The van der Waals surface area contributed by atoms with Crippen LogP contribution in [-0.2, 0) is 0 Å². The van der Waals surface area contributed by atoms with E-state index >= 15 is 0 Å². The molecule has 2 N–H and O–H groups in total. The molecule has 1 heterocycles. The lowest BCUT2D eigenvalue weighted by molar-refractivity contribution is 0.342. The van der Waals surface area contributed by atoms with Gasteiger partial charge in [-0.2, -0.15) is 10.2 Å². The van der Waals surface area contributed by atoms with Crippen molar-refractivity contribution < 1.29 is 4.74 Å². The zero-order valence-corrected chi connectivity index (χ0v) is 14.7. The Morgan fingerprint density at radius 1 is 1.04 bits per heavy atom. The minimum absolute atomic E-state index is 0.478. The summed E-state index contributed by atoms with van der Waals surface area (Å²) >= 11 is 0. The van der Waals surface area contributed by atoms with Crippen molar-refractivity contribution in [1.29, 1.82) is 5.26 Å². The third-order valence-corrected chi connectivity index (χ3v) is 3.57. The van der Waals surface area contributed by atoms with Crippen LogP contribution in [0.4, 0.5) is 23.1 Å². The van der Waals surface area contributed by atoms with Crippen molar-refractivity contribution in [3.63, 3.8) is 0 Å². The van der Waals surface area contributed by atoms with Gasteiger partial charge in [0, 0.05) is 17.4 Å². The second-order valence-corrected chi connectivity index (χ2v) is 5.59. The molecule has 0 unspecified atom stereocenters. The molecule has 130 valence electrons. The zero-order chi connectivity index (χ0) is 18.4. The van der Waals surface area contributed by atoms with Gasteiger partial charge in [0.15, 0.2) is 0 Å². The van der Waals surface area contributed by atoms with Crippen LogP contribution in [0.25, 0.3) is 0 Å². The highest BCUT2D eigenvalue weighted by Crippen LogP contribution is 2.27. The van der Waals surface area contributed by atoms with Crippen LogP contribution in [0.1, 0.15) is 18.2 Å². The van der Waals surface area contributed by atoms with E-state index in [1.165, 1.54) is 0 Å². The maximum Gasteiger partial charge on any atom is 0.229 e. The number of ether oxygens (including phenoxy) is 1. The van der Waals surface area contributed by atoms with Crippen LogP contribution >= 0.6 is 0 Å². The molecule has 3 aromatic rings. The Bertz CT molecular complexity index is 932. The van der Waals surface area contributed by atoms with E-state index in [4.69, 9.17) is 10.00 Å². The molecule has 0 atom stereocenters. The summed E-state index contributed by atoms with van der Waals surface area (Å²) in [7, 11) is 0. The van der Waals surface area contributed by atoms with Crippen molar-refractivity contribution in [1.82, 2.24) is 9.97 Å². The number of para-hydroxylation sites is 2. The lowest BCUT2D eigenvalue weighted by Gasteiger charge is -2.13. The number of aryl methyl sites for hydroxylation is 1. The third kappa shape index (κ3) is 4.28. The van der Waals surface area contributed by atoms with E-state index in [1.54, 1.807) is 12.1 Å². The fourth-order valence-electron chi connectivity index (χ4n) is 2.43. The summed E-state index contributed by atoms with van der Waals surface area (Å²) < 4.78 is 5.64. The van der Waals surface area contributed by atoms with Crippen LogP contribution in [0.2, 0.25) is 0 Å². The molecular weight excluding hydrogens is 326 g/mol. The number of rotatable bonds is 6. The molecular formula is C20H19N5O. The summed E-state index contributed by atoms with van der Waals surface area (Å²) in [6.07, 6.45) is 0. The number of hydrogen-bond donors (Lipinski definition) is 2. The van der Waals surface area contributed by atoms with E-state index in [2.05, 4.69) is 26.7 Å². The molecule has 0 fully saturated rings. The minimum atomic E-state index is 0.478. The maximum atomic E-state index is 8.88. The molecule has 0 amide bonds. The quantitative estimate of drug-likeness (QED) is 0.682. The second-order valence-electron chi connectivity index (χ2n) is 5.59. The van der Waals surface area contributed by atoms with Crippen LogP contribution in [0.15, 0.2) is 54.6 Å². The smallest absolute Gasteiger partial charge is 0.229 e. The van der Waals surface area contributed by atoms with Crippen LogP contribution in [0.3, 0.4) is 0 Å². The van der Waals surface area contributed by atoms with E-state index < -0.39 is 0 Å². The first-order chi connectivity index (χ1) is 12.7. The van der Waals surface area contributed by atoms with Gasteiger partial charge in [-0.1, -0.05) is 12.1 Å². The highest BCUT2D eigenvalue weighted by molar-refractivity contribution is 5.65. The molecule has 0 spiro atoms. The summed E-state index contributed by atoms with van der Waals surface area (Å²) in [6.45, 7) is 4.45. The molecule has 6 nitrogen and oxygen atoms in total. The Kier molecular flexibility index (Phi) is 5.30. The Morgan fingerprint density at radius 2 is 1.81 bits per heavy atom. The molecule has 6 heteroatoms. The summed E-state index contributed by atoms with van der Waals surface area (Å²) in [4.78, 5) is 8.93. The van der Waals surface area contributed by atoms with Crippen LogP contribution in [0, 0.1) is 18.3 Å². The third-order valence-electron chi connectivity index (χ3n) is 3.57. The standard InChI is InChI=1S/C20H19N5O/c1-3-26-18-7-5-4-6-17(18)24-19-12-14(2)22-20(25-19)23-16-10-8-15(13-21)9-11-16/h4-12H,3H2,1-2H3,(H2,22,23,24,25). The van der Waals surface area contributed by atoms with E-state index in [1.807, 2.05) is 56.3 Å². The van der Waals surface area contributed by atoms with Gasteiger partial charge >= 0.3 is 0 Å². The summed E-state index contributed by atoms with van der Waals surface area (Å²) in [5, 5.41) is 15.3. The SMILES string of the molecule is CCOc1ccccc1Nc1cc(C)nc(Nc2ccc(C#N)cc2)n1. The molecule has 0 radical (unpaired) electrons. The summed E-state index contributed by atoms with van der Waals surface area (Å²) in [6, 6.07) is 18.8. The van der Waals surface area contributed by atoms with Crippen molar-refractivity contribution in [3.05, 3.63) is 65.9 Å². The molecule has 2 aromatic carbocycles. The number of hydrogen-bond acceptors (Lipinski definition) is 6. The number of benzene rings is 2. The van der Waals surface area contributed by atoms with Crippen molar-refractivity contribution in [2.75, 3.05) is 17.2 Å². The summed E-state index contributed by atoms with van der Waals surface area (Å²) in [5.74, 6) is 1.92. The molecule has 0 aliphatic heterocycles. The lowest BCUT2D eigenvalue weighted by Crippen LogP contribution is -2.03. The first-order valence-electron chi connectivity index (χ1n) is 8.29. The number of nitrogens with zero attached hydrogens (tertiary/aromatic N) is 3. The molecule has 0 saturated heterocycles. The van der Waals surface area contributed by atoms with Crippen molar-refractivity contribution in [3.8, 4) is 11.8 Å². The van der Waals surface area contributed by atoms with Crippen molar-refractivity contribution >= 4 is 23.1 Å².